The number of Topliss-reactive ketones (excluding diaryl/α,β-unsaturated/α-hetero) is 2. The molecule has 0 N–H and O–H groups in total. The Morgan fingerprint density at radius 3 is 2.32 bits per heavy atom. The summed E-state index contributed by atoms with van der Waals surface area (Å²) in [4.78, 5) is 36.6. The molecule has 22 heavy (non-hydrogen) atoms. The Morgan fingerprint density at radius 1 is 1.18 bits per heavy atom. The van der Waals surface area contributed by atoms with Crippen LogP contribution in [0.5, 0.6) is 0 Å². The first kappa shape index (κ1) is 18.7. The van der Waals surface area contributed by atoms with Crippen molar-refractivity contribution < 1.29 is 19.1 Å². The van der Waals surface area contributed by atoms with Crippen molar-refractivity contribution in [2.45, 2.75) is 27.2 Å². The van der Waals surface area contributed by atoms with Gasteiger partial charge in [-0.1, -0.05) is 30.1 Å². The Labute approximate surface area is 139 Å². The van der Waals surface area contributed by atoms with Gasteiger partial charge in [-0.2, -0.15) is 0 Å². The zero-order valence-electron chi connectivity index (χ0n) is 12.7. The van der Waals surface area contributed by atoms with E-state index in [1.807, 2.05) is 0 Å². The van der Waals surface area contributed by atoms with E-state index in [9.17, 15) is 14.4 Å². The standard InChI is InChI=1S/C16H18Cl2O4/c1-4-11(14(19)9(3)16(21)22-5-2)15(20)12-7-6-10(17)8-13(12)18/h6-9,11H,4-5H2,1-3H3. The van der Waals surface area contributed by atoms with Crippen molar-refractivity contribution in [1.82, 2.24) is 0 Å². The molecule has 1 aromatic rings. The van der Waals surface area contributed by atoms with Crippen LogP contribution in [-0.4, -0.2) is 24.1 Å². The highest BCUT2D eigenvalue weighted by Gasteiger charge is 2.34. The smallest absolute Gasteiger partial charge is 0.316 e. The summed E-state index contributed by atoms with van der Waals surface area (Å²) in [5, 5.41) is 0.591. The van der Waals surface area contributed by atoms with Crippen molar-refractivity contribution >= 4 is 40.7 Å². The summed E-state index contributed by atoms with van der Waals surface area (Å²) in [5.74, 6) is -3.42. The van der Waals surface area contributed by atoms with Crippen LogP contribution in [0.2, 0.25) is 10.0 Å². The summed E-state index contributed by atoms with van der Waals surface area (Å²) < 4.78 is 4.83. The van der Waals surface area contributed by atoms with Gasteiger partial charge in [0.1, 0.15) is 5.92 Å². The van der Waals surface area contributed by atoms with Crippen molar-refractivity contribution in [3.63, 3.8) is 0 Å². The lowest BCUT2D eigenvalue weighted by atomic mass is 9.86. The lowest BCUT2D eigenvalue weighted by Crippen LogP contribution is -2.33. The fourth-order valence-electron chi connectivity index (χ4n) is 2.08. The highest BCUT2D eigenvalue weighted by molar-refractivity contribution is 6.37. The van der Waals surface area contributed by atoms with Crippen molar-refractivity contribution in [1.29, 1.82) is 0 Å². The van der Waals surface area contributed by atoms with Gasteiger partial charge in [-0.15, -0.1) is 0 Å². The highest BCUT2D eigenvalue weighted by Crippen LogP contribution is 2.26. The third kappa shape index (κ3) is 4.31. The average Bonchev–Trinajstić information content (AvgIpc) is 2.47. The first-order chi connectivity index (χ1) is 10.3. The molecule has 0 saturated carbocycles. The summed E-state index contributed by atoms with van der Waals surface area (Å²) in [5.41, 5.74) is 0.224. The molecule has 0 aliphatic heterocycles. The Balaban J connectivity index is 3.02. The Bertz CT molecular complexity index is 584. The minimum atomic E-state index is -0.986. The largest absolute Gasteiger partial charge is 0.465 e. The molecular formula is C16H18Cl2O4. The zero-order chi connectivity index (χ0) is 16.9. The van der Waals surface area contributed by atoms with Crippen LogP contribution in [0.1, 0.15) is 37.6 Å². The number of hydrogen-bond donors (Lipinski definition) is 0. The summed E-state index contributed by atoms with van der Waals surface area (Å²) in [6.45, 7) is 5.00. The molecular weight excluding hydrogens is 327 g/mol. The topological polar surface area (TPSA) is 60.4 Å². The number of ether oxygens (including phenoxy) is 1. The molecule has 1 rings (SSSR count). The number of ketones is 2. The summed E-state index contributed by atoms with van der Waals surface area (Å²) in [6, 6.07) is 4.47. The summed E-state index contributed by atoms with van der Waals surface area (Å²) in [7, 11) is 0. The molecule has 2 unspecified atom stereocenters. The van der Waals surface area contributed by atoms with Crippen LogP contribution in [0, 0.1) is 11.8 Å². The fourth-order valence-corrected chi connectivity index (χ4v) is 2.58. The minimum Gasteiger partial charge on any atom is -0.465 e. The van der Waals surface area contributed by atoms with Crippen molar-refractivity contribution in [3.05, 3.63) is 33.8 Å². The predicted octanol–water partition coefficient (Wildman–Crippen LogP) is 3.97. The van der Waals surface area contributed by atoms with E-state index in [1.165, 1.54) is 25.1 Å². The van der Waals surface area contributed by atoms with Gasteiger partial charge in [0.2, 0.25) is 0 Å². The molecule has 4 nitrogen and oxygen atoms in total. The molecule has 0 aliphatic carbocycles. The Hall–Kier alpha value is -1.39. The van der Waals surface area contributed by atoms with Crippen LogP contribution in [0.4, 0.5) is 0 Å². The Morgan fingerprint density at radius 2 is 1.82 bits per heavy atom. The first-order valence-corrected chi connectivity index (χ1v) is 7.78. The normalized spacial score (nSPS) is 13.3. The van der Waals surface area contributed by atoms with E-state index in [0.717, 1.165) is 0 Å². The monoisotopic (exact) mass is 344 g/mol. The molecule has 0 aromatic heterocycles. The van der Waals surface area contributed by atoms with Gasteiger partial charge in [-0.3, -0.25) is 14.4 Å². The van der Waals surface area contributed by atoms with Crippen molar-refractivity contribution in [3.8, 4) is 0 Å². The third-order valence-electron chi connectivity index (χ3n) is 3.33. The number of halogens is 2. The number of rotatable bonds is 7. The van der Waals surface area contributed by atoms with Gasteiger partial charge in [0.15, 0.2) is 11.6 Å². The van der Waals surface area contributed by atoms with Gasteiger partial charge < -0.3 is 4.74 Å². The highest BCUT2D eigenvalue weighted by atomic mass is 35.5. The second-order valence-electron chi connectivity index (χ2n) is 4.83. The van der Waals surface area contributed by atoms with Gasteiger partial charge >= 0.3 is 5.97 Å². The number of carbonyl (C=O) groups excluding carboxylic acids is 3. The molecule has 0 saturated heterocycles. The molecule has 120 valence electrons. The SMILES string of the molecule is CCOC(=O)C(C)C(=O)C(CC)C(=O)c1ccc(Cl)cc1Cl. The van der Waals surface area contributed by atoms with E-state index < -0.39 is 29.4 Å². The van der Waals surface area contributed by atoms with Gasteiger partial charge in [0, 0.05) is 10.6 Å². The van der Waals surface area contributed by atoms with Crippen molar-refractivity contribution in [2.75, 3.05) is 6.61 Å². The van der Waals surface area contributed by atoms with E-state index in [4.69, 9.17) is 27.9 Å². The molecule has 0 heterocycles. The summed E-state index contributed by atoms with van der Waals surface area (Å²) >= 11 is 11.8. The summed E-state index contributed by atoms with van der Waals surface area (Å²) in [6.07, 6.45) is 0.278. The molecule has 0 bridgehead atoms. The van der Waals surface area contributed by atoms with E-state index in [-0.39, 0.29) is 23.6 Å². The molecule has 0 spiro atoms. The fraction of sp³-hybridized carbons (Fsp3) is 0.438. The van der Waals surface area contributed by atoms with E-state index >= 15 is 0 Å². The lowest BCUT2D eigenvalue weighted by Gasteiger charge is -2.17. The van der Waals surface area contributed by atoms with Gasteiger partial charge in [0.05, 0.1) is 17.5 Å². The van der Waals surface area contributed by atoms with E-state index in [0.29, 0.717) is 5.02 Å². The second-order valence-corrected chi connectivity index (χ2v) is 5.67. The maximum Gasteiger partial charge on any atom is 0.316 e. The molecule has 2 atom stereocenters. The number of esters is 1. The van der Waals surface area contributed by atoms with Crippen LogP contribution in [0.15, 0.2) is 18.2 Å². The molecule has 1 aromatic carbocycles. The molecule has 0 aliphatic rings. The van der Waals surface area contributed by atoms with Gasteiger partial charge in [-0.25, -0.2) is 0 Å². The maximum atomic E-state index is 12.5. The zero-order valence-corrected chi connectivity index (χ0v) is 14.2. The number of benzene rings is 1. The third-order valence-corrected chi connectivity index (χ3v) is 3.88. The molecule has 0 fully saturated rings. The molecule has 6 heteroatoms. The lowest BCUT2D eigenvalue weighted by molar-refractivity contribution is -0.151. The Kier molecular flexibility index (Phi) is 7.04. The van der Waals surface area contributed by atoms with Crippen LogP contribution >= 0.6 is 23.2 Å². The minimum absolute atomic E-state index is 0.185. The van der Waals surface area contributed by atoms with Crippen LogP contribution in [-0.2, 0) is 14.3 Å². The number of hydrogen-bond acceptors (Lipinski definition) is 4. The molecule has 0 amide bonds. The quantitative estimate of drug-likeness (QED) is 0.426. The molecule has 0 radical (unpaired) electrons. The van der Waals surface area contributed by atoms with Crippen LogP contribution < -0.4 is 0 Å². The average molecular weight is 345 g/mol. The van der Waals surface area contributed by atoms with Crippen LogP contribution in [0.3, 0.4) is 0 Å². The van der Waals surface area contributed by atoms with E-state index in [2.05, 4.69) is 0 Å². The van der Waals surface area contributed by atoms with Gasteiger partial charge in [-0.05, 0) is 38.5 Å². The van der Waals surface area contributed by atoms with Crippen LogP contribution in [0.25, 0.3) is 0 Å². The first-order valence-electron chi connectivity index (χ1n) is 7.03. The van der Waals surface area contributed by atoms with Gasteiger partial charge in [0.25, 0.3) is 0 Å². The maximum absolute atomic E-state index is 12.5. The van der Waals surface area contributed by atoms with Crippen molar-refractivity contribution in [2.24, 2.45) is 11.8 Å². The second kappa shape index (κ2) is 8.30. The van der Waals surface area contributed by atoms with E-state index in [1.54, 1.807) is 13.8 Å². The predicted molar refractivity (Wildman–Crippen MR) is 85.4 cm³/mol. The number of carbonyl (C=O) groups is 3.